The molecule has 10 heteroatoms. The quantitative estimate of drug-likeness (QED) is 0.339. The molecule has 4 N–H and O–H groups in total. The van der Waals surface area contributed by atoms with Crippen molar-refractivity contribution in [2.75, 3.05) is 14.2 Å². The molecule has 2 rings (SSSR count). The van der Waals surface area contributed by atoms with Crippen molar-refractivity contribution in [3.8, 4) is 17.2 Å². The highest BCUT2D eigenvalue weighted by Gasteiger charge is 2.22. The normalized spacial score (nSPS) is 11.7. The van der Waals surface area contributed by atoms with Crippen LogP contribution in [-0.4, -0.2) is 34.2 Å². The van der Waals surface area contributed by atoms with E-state index >= 15 is 0 Å². The second-order valence-electron chi connectivity index (χ2n) is 5.59. The molecule has 0 saturated heterocycles. The number of phosphoric acid groups is 1. The van der Waals surface area contributed by atoms with Gasteiger partial charge in [-0.1, -0.05) is 12.2 Å². The number of rotatable bonds is 8. The van der Waals surface area contributed by atoms with E-state index in [4.69, 9.17) is 23.8 Å². The molecule has 28 heavy (non-hydrogen) atoms. The maximum absolute atomic E-state index is 11.2. The minimum atomic E-state index is -4.78. The van der Waals surface area contributed by atoms with Gasteiger partial charge in [0.1, 0.15) is 5.75 Å². The molecule has 0 heterocycles. The third-order valence-electron chi connectivity index (χ3n) is 3.85. The lowest BCUT2D eigenvalue weighted by Gasteiger charge is -2.14. The first-order valence-electron chi connectivity index (χ1n) is 7.95. The number of aliphatic hydroxyl groups excluding tert-OH is 2. The second-order valence-corrected chi connectivity index (χ2v) is 7.55. The van der Waals surface area contributed by atoms with Crippen LogP contribution in [0.3, 0.4) is 0 Å². The van der Waals surface area contributed by atoms with Crippen LogP contribution < -0.4 is 14.0 Å². The Balaban J connectivity index is 2.47. The molecule has 0 unspecified atom stereocenters. The van der Waals surface area contributed by atoms with Gasteiger partial charge >= 0.3 is 7.82 Å². The molecule has 2 aromatic rings. The van der Waals surface area contributed by atoms with Crippen molar-refractivity contribution in [2.45, 2.75) is 13.2 Å². The Morgan fingerprint density at radius 3 is 2.25 bits per heavy atom. The summed E-state index contributed by atoms with van der Waals surface area (Å²) in [5, 5.41) is 19.0. The summed E-state index contributed by atoms with van der Waals surface area (Å²) in [5.74, 6) is 0.471. The van der Waals surface area contributed by atoms with Crippen LogP contribution in [0.15, 0.2) is 28.7 Å². The number of ether oxygens (including phenoxy) is 2. The molecule has 0 saturated carbocycles. The van der Waals surface area contributed by atoms with Gasteiger partial charge in [-0.2, -0.15) is 0 Å². The van der Waals surface area contributed by atoms with Crippen LogP contribution >= 0.6 is 23.8 Å². The molecule has 0 aromatic heterocycles. The minimum Gasteiger partial charge on any atom is -0.496 e. The summed E-state index contributed by atoms with van der Waals surface area (Å²) < 4.78 is 26.6. The van der Waals surface area contributed by atoms with Gasteiger partial charge in [-0.05, 0) is 56.9 Å². The maximum Gasteiger partial charge on any atom is 0.524 e. The zero-order valence-corrected chi connectivity index (χ0v) is 17.6. The smallest absolute Gasteiger partial charge is 0.496 e. The van der Waals surface area contributed by atoms with Gasteiger partial charge in [0.05, 0.1) is 31.9 Å². The second kappa shape index (κ2) is 9.56. The van der Waals surface area contributed by atoms with Gasteiger partial charge in [0, 0.05) is 5.56 Å². The molecule has 8 nitrogen and oxygen atoms in total. The van der Waals surface area contributed by atoms with E-state index < -0.39 is 7.82 Å². The molecule has 0 aliphatic heterocycles. The number of hydrogen-bond acceptors (Lipinski definition) is 6. The third kappa shape index (κ3) is 5.35. The van der Waals surface area contributed by atoms with Crippen molar-refractivity contribution in [1.82, 2.24) is 0 Å². The first kappa shape index (κ1) is 22.4. The van der Waals surface area contributed by atoms with Crippen molar-refractivity contribution < 1.29 is 38.6 Å². The predicted octanol–water partition coefficient (Wildman–Crippen LogP) is 3.09. The molecule has 0 radical (unpaired) electrons. The van der Waals surface area contributed by atoms with Crippen LogP contribution in [0.5, 0.6) is 17.2 Å². The number of halogens is 1. The molecule has 0 aliphatic rings. The van der Waals surface area contributed by atoms with E-state index in [9.17, 15) is 14.8 Å². The highest BCUT2D eigenvalue weighted by molar-refractivity contribution is 9.10. The van der Waals surface area contributed by atoms with Crippen LogP contribution in [0.25, 0.3) is 12.2 Å². The molecular formula is C18H20BrO8P. The summed E-state index contributed by atoms with van der Waals surface area (Å²) in [7, 11) is -1.96. The van der Waals surface area contributed by atoms with Gasteiger partial charge in [-0.25, -0.2) is 4.57 Å². The standard InChI is InChI=1S/C18H20BrO8P/c1-25-15-6-5-12(17(19)18(15)27-28(22,23)24)4-3-11-7-13(9-20)14(10-21)16(8-11)26-2/h3-8,20-21H,9-10H2,1-2H3,(H2,22,23,24). The van der Waals surface area contributed by atoms with E-state index in [1.54, 1.807) is 30.4 Å². The maximum atomic E-state index is 11.2. The number of methoxy groups -OCH3 is 2. The van der Waals surface area contributed by atoms with Crippen LogP contribution in [0.1, 0.15) is 22.3 Å². The SMILES string of the molecule is COc1cc(C=Cc2ccc(OC)c(OP(=O)(O)O)c2Br)cc(CO)c1CO. The first-order valence-corrected chi connectivity index (χ1v) is 10.3. The molecule has 0 fully saturated rings. The average Bonchev–Trinajstić information content (AvgIpc) is 2.66. The summed E-state index contributed by atoms with van der Waals surface area (Å²) in [6.07, 6.45) is 3.40. The first-order chi connectivity index (χ1) is 13.2. The van der Waals surface area contributed by atoms with E-state index in [-0.39, 0.29) is 24.7 Å². The van der Waals surface area contributed by atoms with Crippen molar-refractivity contribution in [3.63, 3.8) is 0 Å². The zero-order chi connectivity index (χ0) is 20.9. The molecule has 0 bridgehead atoms. The Bertz CT molecular complexity index is 897. The number of hydrogen-bond donors (Lipinski definition) is 4. The number of aliphatic hydroxyl groups is 2. The molecule has 2 aromatic carbocycles. The van der Waals surface area contributed by atoms with Crippen molar-refractivity contribution >= 4 is 35.9 Å². The Hall–Kier alpha value is -1.87. The fourth-order valence-electron chi connectivity index (χ4n) is 2.56. The van der Waals surface area contributed by atoms with Gasteiger partial charge in [0.15, 0.2) is 11.5 Å². The Morgan fingerprint density at radius 1 is 1.04 bits per heavy atom. The summed E-state index contributed by atoms with van der Waals surface area (Å²) in [6, 6.07) is 6.60. The van der Waals surface area contributed by atoms with E-state index in [2.05, 4.69) is 15.9 Å². The lowest BCUT2D eigenvalue weighted by molar-refractivity contribution is 0.254. The minimum absolute atomic E-state index is 0.123. The number of phosphoric ester groups is 1. The van der Waals surface area contributed by atoms with E-state index in [1.807, 2.05) is 0 Å². The largest absolute Gasteiger partial charge is 0.524 e. The number of benzene rings is 2. The van der Waals surface area contributed by atoms with Gasteiger partial charge in [0.25, 0.3) is 0 Å². The van der Waals surface area contributed by atoms with Crippen molar-refractivity contribution in [2.24, 2.45) is 0 Å². The lowest BCUT2D eigenvalue weighted by atomic mass is 10.0. The molecule has 0 atom stereocenters. The van der Waals surface area contributed by atoms with E-state index in [1.165, 1.54) is 20.3 Å². The average molecular weight is 475 g/mol. The Kier molecular flexibility index (Phi) is 7.65. The monoisotopic (exact) mass is 474 g/mol. The topological polar surface area (TPSA) is 126 Å². The van der Waals surface area contributed by atoms with Crippen molar-refractivity contribution in [1.29, 1.82) is 0 Å². The van der Waals surface area contributed by atoms with E-state index in [0.717, 1.165) is 0 Å². The Morgan fingerprint density at radius 2 is 1.71 bits per heavy atom. The van der Waals surface area contributed by atoms with Crippen molar-refractivity contribution in [3.05, 3.63) is 51.0 Å². The van der Waals surface area contributed by atoms with Gasteiger partial charge in [-0.3, -0.25) is 9.79 Å². The van der Waals surface area contributed by atoms with Crippen LogP contribution in [0.4, 0.5) is 0 Å². The molecule has 152 valence electrons. The van der Waals surface area contributed by atoms with Gasteiger partial charge in [0.2, 0.25) is 0 Å². The van der Waals surface area contributed by atoms with Gasteiger partial charge in [-0.15, -0.1) is 0 Å². The summed E-state index contributed by atoms with van der Waals surface area (Å²) in [6.45, 7) is -0.531. The summed E-state index contributed by atoms with van der Waals surface area (Å²) in [5.41, 5.74) is 2.30. The van der Waals surface area contributed by atoms with E-state index in [0.29, 0.717) is 32.5 Å². The molecular weight excluding hydrogens is 455 g/mol. The fourth-order valence-corrected chi connectivity index (χ4v) is 3.64. The predicted molar refractivity (Wildman–Crippen MR) is 107 cm³/mol. The lowest BCUT2D eigenvalue weighted by Crippen LogP contribution is -1.99. The zero-order valence-electron chi connectivity index (χ0n) is 15.1. The highest BCUT2D eigenvalue weighted by atomic mass is 79.9. The molecule has 0 spiro atoms. The Labute approximate surface area is 170 Å². The fraction of sp³-hybridized carbons (Fsp3) is 0.222. The molecule has 0 aliphatic carbocycles. The molecule has 0 amide bonds. The summed E-state index contributed by atoms with van der Waals surface area (Å²) >= 11 is 3.28. The van der Waals surface area contributed by atoms with Gasteiger partial charge < -0.3 is 24.2 Å². The summed E-state index contributed by atoms with van der Waals surface area (Å²) in [4.78, 5) is 18.2. The van der Waals surface area contributed by atoms with Crippen LogP contribution in [0.2, 0.25) is 0 Å². The van der Waals surface area contributed by atoms with Crippen LogP contribution in [-0.2, 0) is 17.8 Å². The van der Waals surface area contributed by atoms with Crippen LogP contribution in [0, 0.1) is 0 Å². The highest BCUT2D eigenvalue weighted by Crippen LogP contribution is 2.47. The third-order valence-corrected chi connectivity index (χ3v) is 5.09.